The Morgan fingerprint density at radius 2 is 1.68 bits per heavy atom. The minimum Gasteiger partial charge on any atom is -0.283 e. The highest BCUT2D eigenvalue weighted by Gasteiger charge is 2.40. The van der Waals surface area contributed by atoms with Crippen molar-refractivity contribution in [1.29, 1.82) is 5.26 Å². The number of aryl methyl sites for hydroxylation is 3. The van der Waals surface area contributed by atoms with Gasteiger partial charge >= 0.3 is 6.18 Å². The van der Waals surface area contributed by atoms with Crippen LogP contribution in [0.5, 0.6) is 0 Å². The highest BCUT2D eigenvalue weighted by atomic mass is 19.4. The highest BCUT2D eigenvalue weighted by Crippen LogP contribution is 2.24. The van der Waals surface area contributed by atoms with Crippen LogP contribution in [0, 0.1) is 32.1 Å². The fraction of sp³-hybridized carbons (Fsp3) is 0.286. The van der Waals surface area contributed by atoms with Crippen molar-refractivity contribution in [1.82, 2.24) is 0 Å². The summed E-state index contributed by atoms with van der Waals surface area (Å²) >= 11 is 0. The number of allylic oxidation sites excluding steroid dienone is 1. The van der Waals surface area contributed by atoms with Crippen LogP contribution in [0.2, 0.25) is 0 Å². The van der Waals surface area contributed by atoms with E-state index < -0.39 is 17.5 Å². The number of Topliss-reactive ketones (excluding diaryl/α,β-unsaturated/α-hetero) is 1. The van der Waals surface area contributed by atoms with E-state index in [1.54, 1.807) is 26.0 Å². The van der Waals surface area contributed by atoms with E-state index in [1.165, 1.54) is 6.07 Å². The maximum atomic E-state index is 12.3. The van der Waals surface area contributed by atoms with Gasteiger partial charge in [-0.05, 0) is 43.5 Å². The molecule has 2 nitrogen and oxygen atoms in total. The Morgan fingerprint density at radius 1 is 1.21 bits per heavy atom. The van der Waals surface area contributed by atoms with Crippen LogP contribution in [0.1, 0.15) is 22.3 Å². The highest BCUT2D eigenvalue weighted by molar-refractivity contribution is 6.06. The van der Waals surface area contributed by atoms with Crippen LogP contribution in [0.4, 0.5) is 13.2 Å². The Bertz CT molecular complexity index is 569. The molecule has 0 aliphatic carbocycles. The normalized spacial score (nSPS) is 12.2. The van der Waals surface area contributed by atoms with E-state index >= 15 is 0 Å². The maximum Gasteiger partial charge on any atom is 0.455 e. The molecule has 0 spiro atoms. The van der Waals surface area contributed by atoms with Crippen molar-refractivity contribution >= 4 is 11.9 Å². The van der Waals surface area contributed by atoms with Crippen LogP contribution >= 0.6 is 0 Å². The lowest BCUT2D eigenvalue weighted by Crippen LogP contribution is -2.23. The van der Waals surface area contributed by atoms with Gasteiger partial charge in [-0.25, -0.2) is 0 Å². The Kier molecular flexibility index (Phi) is 4.15. The molecule has 1 aromatic carbocycles. The molecule has 0 saturated heterocycles. The second-order valence-electron chi connectivity index (χ2n) is 4.31. The van der Waals surface area contributed by atoms with E-state index in [4.69, 9.17) is 5.26 Å². The van der Waals surface area contributed by atoms with E-state index in [1.807, 2.05) is 6.92 Å². The fourth-order valence-electron chi connectivity index (χ4n) is 1.86. The smallest absolute Gasteiger partial charge is 0.283 e. The second kappa shape index (κ2) is 5.27. The maximum absolute atomic E-state index is 12.3. The number of halogens is 3. The molecule has 0 radical (unpaired) electrons. The Morgan fingerprint density at radius 3 is 2.05 bits per heavy atom. The Labute approximate surface area is 109 Å². The van der Waals surface area contributed by atoms with Crippen LogP contribution in [0.3, 0.4) is 0 Å². The van der Waals surface area contributed by atoms with Crippen LogP contribution in [-0.4, -0.2) is 12.0 Å². The molecule has 0 atom stereocenters. The summed E-state index contributed by atoms with van der Waals surface area (Å²) in [5, 5.41) is 8.72. The molecule has 0 aliphatic heterocycles. The predicted molar refractivity (Wildman–Crippen MR) is 65.3 cm³/mol. The molecule has 0 heterocycles. The minimum absolute atomic E-state index is 0.472. The Balaban J connectivity index is 3.36. The standard InChI is InChI=1S/C14H12F3NO/c1-8-4-9(2)12(10(3)5-8)6-11(7-18)13(19)14(15,16)17/h4-6H,1-3H3/b11-6+. The Hall–Kier alpha value is -2.09. The molecule has 0 amide bonds. The van der Waals surface area contributed by atoms with E-state index in [2.05, 4.69) is 0 Å². The number of benzene rings is 1. The first-order chi connectivity index (χ1) is 8.66. The van der Waals surface area contributed by atoms with Gasteiger partial charge in [-0.15, -0.1) is 0 Å². The predicted octanol–water partition coefficient (Wildman–Crippen LogP) is 3.65. The lowest BCUT2D eigenvalue weighted by Gasteiger charge is -2.09. The zero-order valence-electron chi connectivity index (χ0n) is 10.7. The summed E-state index contributed by atoms with van der Waals surface area (Å²) in [5.74, 6) is -2.12. The molecule has 19 heavy (non-hydrogen) atoms. The molecule has 0 aromatic heterocycles. The summed E-state index contributed by atoms with van der Waals surface area (Å²) in [6, 6.07) is 4.88. The van der Waals surface area contributed by atoms with Crippen molar-refractivity contribution in [3.8, 4) is 6.07 Å². The summed E-state index contributed by atoms with van der Waals surface area (Å²) in [5.41, 5.74) is 1.98. The van der Waals surface area contributed by atoms with Gasteiger partial charge < -0.3 is 0 Å². The molecule has 0 aliphatic rings. The van der Waals surface area contributed by atoms with Gasteiger partial charge in [-0.2, -0.15) is 18.4 Å². The van der Waals surface area contributed by atoms with Crippen LogP contribution < -0.4 is 0 Å². The van der Waals surface area contributed by atoms with Gasteiger partial charge in [0.1, 0.15) is 11.6 Å². The largest absolute Gasteiger partial charge is 0.455 e. The van der Waals surface area contributed by atoms with E-state index in [-0.39, 0.29) is 0 Å². The lowest BCUT2D eigenvalue weighted by molar-refractivity contribution is -0.165. The average molecular weight is 267 g/mol. The molecule has 0 N–H and O–H groups in total. The first-order valence-corrected chi connectivity index (χ1v) is 5.48. The number of nitriles is 1. The number of hydrogen-bond donors (Lipinski definition) is 0. The molecule has 5 heteroatoms. The van der Waals surface area contributed by atoms with Gasteiger partial charge in [0.2, 0.25) is 0 Å². The van der Waals surface area contributed by atoms with Gasteiger partial charge in [0.15, 0.2) is 0 Å². The number of hydrogen-bond acceptors (Lipinski definition) is 2. The molecule has 1 aromatic rings. The van der Waals surface area contributed by atoms with Crippen LogP contribution in [0.15, 0.2) is 17.7 Å². The summed E-state index contributed by atoms with van der Waals surface area (Å²) in [7, 11) is 0. The van der Waals surface area contributed by atoms with Crippen molar-refractivity contribution in [2.75, 3.05) is 0 Å². The minimum atomic E-state index is -5.03. The van der Waals surface area contributed by atoms with E-state index in [0.29, 0.717) is 5.56 Å². The monoisotopic (exact) mass is 267 g/mol. The molecular formula is C14H12F3NO. The molecule has 0 fully saturated rings. The fourth-order valence-corrected chi connectivity index (χ4v) is 1.86. The third kappa shape index (κ3) is 3.44. The van der Waals surface area contributed by atoms with Gasteiger partial charge in [-0.1, -0.05) is 17.7 Å². The van der Waals surface area contributed by atoms with Crippen molar-refractivity contribution in [2.45, 2.75) is 26.9 Å². The SMILES string of the molecule is Cc1cc(C)c(/C=C(\C#N)C(=O)C(F)(F)F)c(C)c1. The van der Waals surface area contributed by atoms with Crippen molar-refractivity contribution in [3.05, 3.63) is 40.0 Å². The average Bonchev–Trinajstić information content (AvgIpc) is 2.26. The number of rotatable bonds is 2. The topological polar surface area (TPSA) is 40.9 Å². The molecular weight excluding hydrogens is 255 g/mol. The van der Waals surface area contributed by atoms with E-state index in [9.17, 15) is 18.0 Å². The van der Waals surface area contributed by atoms with Gasteiger partial charge in [0.05, 0.1) is 0 Å². The van der Waals surface area contributed by atoms with Gasteiger partial charge in [0.25, 0.3) is 5.78 Å². The number of nitrogens with zero attached hydrogens (tertiary/aromatic N) is 1. The van der Waals surface area contributed by atoms with Crippen LogP contribution in [-0.2, 0) is 4.79 Å². The van der Waals surface area contributed by atoms with Crippen molar-refractivity contribution in [3.63, 3.8) is 0 Å². The third-order valence-electron chi connectivity index (χ3n) is 2.65. The summed E-state index contributed by atoms with van der Waals surface area (Å²) in [6.07, 6.45) is -4.03. The summed E-state index contributed by atoms with van der Waals surface area (Å²) in [6.45, 7) is 5.30. The molecule has 1 rings (SSSR count). The van der Waals surface area contributed by atoms with Crippen LogP contribution in [0.25, 0.3) is 6.08 Å². The second-order valence-corrected chi connectivity index (χ2v) is 4.31. The van der Waals surface area contributed by atoms with Gasteiger partial charge in [-0.3, -0.25) is 4.79 Å². The molecule has 100 valence electrons. The quantitative estimate of drug-likeness (QED) is 0.606. The number of alkyl halides is 3. The molecule has 0 bridgehead atoms. The summed E-state index contributed by atoms with van der Waals surface area (Å²) < 4.78 is 36.9. The zero-order valence-corrected chi connectivity index (χ0v) is 10.7. The third-order valence-corrected chi connectivity index (χ3v) is 2.65. The first-order valence-electron chi connectivity index (χ1n) is 5.48. The molecule has 0 unspecified atom stereocenters. The zero-order chi connectivity index (χ0) is 14.8. The van der Waals surface area contributed by atoms with E-state index in [0.717, 1.165) is 22.8 Å². The lowest BCUT2D eigenvalue weighted by atomic mass is 9.97. The van der Waals surface area contributed by atoms with Crippen molar-refractivity contribution in [2.24, 2.45) is 0 Å². The van der Waals surface area contributed by atoms with Gasteiger partial charge in [0, 0.05) is 0 Å². The first kappa shape index (κ1) is 15.0. The molecule has 0 saturated carbocycles. The number of ketones is 1. The number of carbonyl (C=O) groups excluding carboxylic acids is 1. The van der Waals surface area contributed by atoms with Crippen molar-refractivity contribution < 1.29 is 18.0 Å². The summed E-state index contributed by atoms with van der Waals surface area (Å²) in [4.78, 5) is 11.1. The number of carbonyl (C=O) groups is 1.